The zero-order chi connectivity index (χ0) is 16.9. The maximum absolute atomic E-state index is 11.9. The Hall–Kier alpha value is -2.57. The van der Waals surface area contributed by atoms with Crippen molar-refractivity contribution >= 4 is 17.9 Å². The molecule has 7 heteroatoms. The lowest BCUT2D eigenvalue weighted by Crippen LogP contribution is -2.46. The number of urea groups is 1. The lowest BCUT2D eigenvalue weighted by Gasteiger charge is -2.14. The Balaban J connectivity index is 2.63. The first kappa shape index (κ1) is 17.5. The van der Waals surface area contributed by atoms with Crippen molar-refractivity contribution in [2.75, 3.05) is 0 Å². The van der Waals surface area contributed by atoms with E-state index in [1.807, 2.05) is 0 Å². The minimum atomic E-state index is -1.17. The van der Waals surface area contributed by atoms with Gasteiger partial charge in [0.05, 0.1) is 0 Å². The van der Waals surface area contributed by atoms with Gasteiger partial charge in [0.25, 0.3) is 5.91 Å². The zero-order valence-electron chi connectivity index (χ0n) is 13.0. The van der Waals surface area contributed by atoms with Crippen LogP contribution >= 0.6 is 0 Å². The SMILES string of the molecule is Cc1ccc(C(=O)O[C@H](C)C(=O)NC(=O)NC(C)C)c(O)c1. The van der Waals surface area contributed by atoms with Gasteiger partial charge in [-0.2, -0.15) is 0 Å². The van der Waals surface area contributed by atoms with Crippen LogP contribution in [0.3, 0.4) is 0 Å². The van der Waals surface area contributed by atoms with Crippen LogP contribution < -0.4 is 10.6 Å². The minimum absolute atomic E-state index is 0.0446. The van der Waals surface area contributed by atoms with Gasteiger partial charge in [0.1, 0.15) is 11.3 Å². The molecule has 3 N–H and O–H groups in total. The molecule has 0 aliphatic rings. The summed E-state index contributed by atoms with van der Waals surface area (Å²) in [7, 11) is 0. The van der Waals surface area contributed by atoms with Crippen LogP contribution in [0, 0.1) is 6.92 Å². The number of imide groups is 1. The van der Waals surface area contributed by atoms with Crippen molar-refractivity contribution in [2.45, 2.75) is 39.8 Å². The molecule has 1 aromatic carbocycles. The molecular weight excluding hydrogens is 288 g/mol. The second kappa shape index (κ2) is 7.44. The smallest absolute Gasteiger partial charge is 0.342 e. The van der Waals surface area contributed by atoms with E-state index in [0.29, 0.717) is 0 Å². The summed E-state index contributed by atoms with van der Waals surface area (Å²) in [5, 5.41) is 14.2. The van der Waals surface area contributed by atoms with E-state index >= 15 is 0 Å². The number of phenolic OH excluding ortho intramolecular Hbond substituents is 1. The van der Waals surface area contributed by atoms with Crippen LogP contribution in [0.1, 0.15) is 36.7 Å². The van der Waals surface area contributed by atoms with E-state index in [1.54, 1.807) is 26.8 Å². The predicted octanol–water partition coefficient (Wildman–Crippen LogP) is 1.48. The van der Waals surface area contributed by atoms with E-state index in [2.05, 4.69) is 10.6 Å². The topological polar surface area (TPSA) is 105 Å². The van der Waals surface area contributed by atoms with Crippen molar-refractivity contribution in [1.82, 2.24) is 10.6 Å². The van der Waals surface area contributed by atoms with Gasteiger partial charge >= 0.3 is 12.0 Å². The fraction of sp³-hybridized carbons (Fsp3) is 0.400. The zero-order valence-corrected chi connectivity index (χ0v) is 13.0. The van der Waals surface area contributed by atoms with Crippen LogP contribution in [0.4, 0.5) is 4.79 Å². The average Bonchev–Trinajstić information content (AvgIpc) is 2.36. The molecule has 1 atom stereocenters. The van der Waals surface area contributed by atoms with E-state index in [9.17, 15) is 19.5 Å². The molecule has 1 rings (SSSR count). The van der Waals surface area contributed by atoms with Gasteiger partial charge in [0, 0.05) is 6.04 Å². The highest BCUT2D eigenvalue weighted by Crippen LogP contribution is 2.19. The number of amides is 3. The maximum atomic E-state index is 11.9. The Morgan fingerprint density at radius 3 is 2.36 bits per heavy atom. The number of carbonyl (C=O) groups excluding carboxylic acids is 3. The summed E-state index contributed by atoms with van der Waals surface area (Å²) in [5.74, 6) is -1.82. The molecule has 22 heavy (non-hydrogen) atoms. The fourth-order valence-corrected chi connectivity index (χ4v) is 1.60. The lowest BCUT2D eigenvalue weighted by atomic mass is 10.1. The molecule has 1 aromatic rings. The van der Waals surface area contributed by atoms with Crippen molar-refractivity contribution in [3.63, 3.8) is 0 Å². The molecule has 0 aliphatic heterocycles. The van der Waals surface area contributed by atoms with Crippen molar-refractivity contribution < 1.29 is 24.2 Å². The molecule has 0 fully saturated rings. The third kappa shape index (κ3) is 5.08. The highest BCUT2D eigenvalue weighted by molar-refractivity contribution is 5.99. The number of rotatable bonds is 4. The van der Waals surface area contributed by atoms with Crippen molar-refractivity contribution in [3.8, 4) is 5.75 Å². The third-order valence-corrected chi connectivity index (χ3v) is 2.68. The second-order valence-corrected chi connectivity index (χ2v) is 5.19. The number of aryl methyl sites for hydroxylation is 1. The summed E-state index contributed by atoms with van der Waals surface area (Å²) in [5.41, 5.74) is 0.738. The van der Waals surface area contributed by atoms with Crippen LogP contribution in [0.15, 0.2) is 18.2 Å². The van der Waals surface area contributed by atoms with Crippen molar-refractivity contribution in [1.29, 1.82) is 0 Å². The van der Waals surface area contributed by atoms with Gasteiger partial charge in [0.15, 0.2) is 6.10 Å². The van der Waals surface area contributed by atoms with Gasteiger partial charge < -0.3 is 15.2 Å². The molecular formula is C15H20N2O5. The summed E-state index contributed by atoms with van der Waals surface area (Å²) < 4.78 is 4.93. The molecule has 0 aromatic heterocycles. The van der Waals surface area contributed by atoms with Gasteiger partial charge in [-0.1, -0.05) is 6.07 Å². The standard InChI is InChI=1S/C15H20N2O5/c1-8(2)16-15(21)17-13(19)10(4)22-14(20)11-6-5-9(3)7-12(11)18/h5-8,10,18H,1-4H3,(H2,16,17,19,21)/t10-/m1/s1. The Morgan fingerprint density at radius 2 is 1.82 bits per heavy atom. The molecule has 0 saturated heterocycles. The second-order valence-electron chi connectivity index (χ2n) is 5.19. The number of esters is 1. The fourth-order valence-electron chi connectivity index (χ4n) is 1.60. The monoisotopic (exact) mass is 308 g/mol. The molecule has 0 heterocycles. The average molecular weight is 308 g/mol. The summed E-state index contributed by atoms with van der Waals surface area (Å²) in [6.45, 7) is 6.58. The highest BCUT2D eigenvalue weighted by Gasteiger charge is 2.22. The largest absolute Gasteiger partial charge is 0.507 e. The molecule has 0 aliphatic carbocycles. The van der Waals surface area contributed by atoms with Gasteiger partial charge in [-0.15, -0.1) is 0 Å². The van der Waals surface area contributed by atoms with Crippen LogP contribution in [-0.4, -0.2) is 35.2 Å². The van der Waals surface area contributed by atoms with Crippen molar-refractivity contribution in [3.05, 3.63) is 29.3 Å². The lowest BCUT2D eigenvalue weighted by molar-refractivity contribution is -0.127. The first-order chi connectivity index (χ1) is 10.2. The van der Waals surface area contributed by atoms with Gasteiger partial charge in [-0.25, -0.2) is 9.59 Å². The first-order valence-electron chi connectivity index (χ1n) is 6.82. The third-order valence-electron chi connectivity index (χ3n) is 2.68. The molecule has 7 nitrogen and oxygen atoms in total. The number of hydrogen-bond acceptors (Lipinski definition) is 5. The maximum Gasteiger partial charge on any atom is 0.342 e. The minimum Gasteiger partial charge on any atom is -0.507 e. The van der Waals surface area contributed by atoms with Crippen LogP contribution in [0.5, 0.6) is 5.75 Å². The Bertz CT molecular complexity index is 583. The molecule has 0 radical (unpaired) electrons. The number of ether oxygens (including phenoxy) is 1. The van der Waals surface area contributed by atoms with E-state index in [4.69, 9.17) is 4.74 Å². The van der Waals surface area contributed by atoms with Crippen LogP contribution in [-0.2, 0) is 9.53 Å². The predicted molar refractivity (Wildman–Crippen MR) is 79.5 cm³/mol. The Labute approximate surface area is 128 Å². The van der Waals surface area contributed by atoms with Crippen LogP contribution in [0.2, 0.25) is 0 Å². The molecule has 0 spiro atoms. The van der Waals surface area contributed by atoms with Gasteiger partial charge in [0.2, 0.25) is 0 Å². The molecule has 0 saturated carbocycles. The number of nitrogens with one attached hydrogen (secondary N) is 2. The number of hydrogen-bond donors (Lipinski definition) is 3. The van der Waals surface area contributed by atoms with Crippen molar-refractivity contribution in [2.24, 2.45) is 0 Å². The molecule has 0 unspecified atom stereocenters. The first-order valence-corrected chi connectivity index (χ1v) is 6.82. The summed E-state index contributed by atoms with van der Waals surface area (Å²) in [6.07, 6.45) is -1.17. The quantitative estimate of drug-likeness (QED) is 0.731. The van der Waals surface area contributed by atoms with Gasteiger partial charge in [-0.3, -0.25) is 10.1 Å². The number of phenols is 1. The normalized spacial score (nSPS) is 11.7. The van der Waals surface area contributed by atoms with E-state index in [-0.39, 0.29) is 17.4 Å². The number of carbonyl (C=O) groups is 3. The molecule has 120 valence electrons. The Kier molecular flexibility index (Phi) is 5.91. The summed E-state index contributed by atoms with van der Waals surface area (Å²) in [6, 6.07) is 3.66. The van der Waals surface area contributed by atoms with E-state index in [0.717, 1.165) is 5.56 Å². The van der Waals surface area contributed by atoms with E-state index < -0.39 is 24.0 Å². The van der Waals surface area contributed by atoms with Gasteiger partial charge in [-0.05, 0) is 45.4 Å². The summed E-state index contributed by atoms with van der Waals surface area (Å²) >= 11 is 0. The summed E-state index contributed by atoms with van der Waals surface area (Å²) in [4.78, 5) is 35.0. The van der Waals surface area contributed by atoms with Crippen LogP contribution in [0.25, 0.3) is 0 Å². The number of benzene rings is 1. The molecule has 3 amide bonds. The highest BCUT2D eigenvalue weighted by atomic mass is 16.5. The Morgan fingerprint density at radius 1 is 1.18 bits per heavy atom. The van der Waals surface area contributed by atoms with E-state index in [1.165, 1.54) is 19.1 Å². The number of aromatic hydroxyl groups is 1. The molecule has 0 bridgehead atoms.